The Balaban J connectivity index is 1.44. The lowest BCUT2D eigenvalue weighted by molar-refractivity contribution is 0.609. The number of fused-ring (bicyclic) bond motifs is 2. The molecule has 0 saturated heterocycles. The van der Waals surface area contributed by atoms with Crippen LogP contribution in [0, 0.1) is 11.8 Å². The third kappa shape index (κ3) is 10.4. The first-order valence-electron chi connectivity index (χ1n) is 25.3. The molecule has 4 aromatic rings. The quantitative estimate of drug-likeness (QED) is 0.0983. The molecule has 0 nitrogen and oxygen atoms in total. The zero-order valence-corrected chi connectivity index (χ0v) is 49.3. The zero-order valence-electron chi connectivity index (χ0n) is 43.9. The van der Waals surface area contributed by atoms with Crippen molar-refractivity contribution < 1.29 is 0 Å². The van der Waals surface area contributed by atoms with Crippen LogP contribution in [0.5, 0.6) is 0 Å². The van der Waals surface area contributed by atoms with E-state index in [1.807, 2.05) is 0 Å². The predicted octanol–water partition coefficient (Wildman–Crippen LogP) is 15.2. The van der Waals surface area contributed by atoms with Crippen LogP contribution >= 0.6 is 0 Å². The fraction of sp³-hybridized carbons (Fsp3) is 0.517. The summed E-state index contributed by atoms with van der Waals surface area (Å²) in [5, 5.41) is 6.46. The second-order valence-electron chi connectivity index (χ2n) is 24.9. The van der Waals surface area contributed by atoms with Gasteiger partial charge in [0.05, 0.1) is 32.3 Å². The molecular weight excluding hydrogens is 837 g/mol. The topological polar surface area (TPSA) is 0 Å². The van der Waals surface area contributed by atoms with Crippen LogP contribution in [0.1, 0.15) is 125 Å². The Morgan fingerprint density at radius 1 is 0.444 bits per heavy atom. The highest BCUT2D eigenvalue weighted by Crippen LogP contribution is 2.51. The fourth-order valence-corrected chi connectivity index (χ4v) is 18.0. The van der Waals surface area contributed by atoms with Crippen molar-refractivity contribution in [2.45, 2.75) is 183 Å². The van der Waals surface area contributed by atoms with Gasteiger partial charge >= 0.3 is 0 Å². The van der Waals surface area contributed by atoms with Crippen molar-refractivity contribution in [1.82, 2.24) is 0 Å². The van der Waals surface area contributed by atoms with Gasteiger partial charge in [0.25, 0.3) is 0 Å². The van der Waals surface area contributed by atoms with Crippen molar-refractivity contribution in [3.05, 3.63) is 105 Å². The van der Waals surface area contributed by atoms with Gasteiger partial charge in [0, 0.05) is 21.4 Å². The molecule has 0 saturated carbocycles. The van der Waals surface area contributed by atoms with Crippen molar-refractivity contribution in [2.75, 3.05) is 0 Å². The molecule has 63 heavy (non-hydrogen) atoms. The van der Waals surface area contributed by atoms with Gasteiger partial charge in [-0.05, 0) is 92.1 Å². The molecule has 4 atom stereocenters. The standard InChI is InChI=1S/C58H88Si5/c1-21-39(7)51-33-53-49(25-23-47(37(3)4)57(53)41-27-43(60(9,10)11)31-44(28-41)61(12,13)14)55(51)35-59-36-56-50-26-24-48(38(5)6)58(54(50)34-52(56)40(8)22-2)42-29-45(62(15,16)17)32-46(30-42)63(18,19)20/h23-34,37-40,55-56H,21-22,35-36,59H2,1-20H3. The third-order valence-corrected chi connectivity index (χ3v) is 25.4. The molecule has 0 N–H and O–H groups in total. The van der Waals surface area contributed by atoms with Gasteiger partial charge in [-0.25, -0.2) is 0 Å². The van der Waals surface area contributed by atoms with E-state index in [2.05, 4.69) is 207 Å². The van der Waals surface area contributed by atoms with E-state index in [0.717, 1.165) is 0 Å². The Kier molecular flexibility index (Phi) is 14.7. The van der Waals surface area contributed by atoms with Gasteiger partial charge in [-0.15, -0.1) is 0 Å². The number of benzene rings is 4. The number of hydrogen-bond donors (Lipinski definition) is 0. The molecule has 2 aliphatic carbocycles. The molecule has 2 aliphatic rings. The Hall–Kier alpha value is -2.56. The summed E-state index contributed by atoms with van der Waals surface area (Å²) in [4.78, 5) is 0. The first kappa shape index (κ1) is 49.9. The van der Waals surface area contributed by atoms with Gasteiger partial charge in [0.2, 0.25) is 0 Å². The molecule has 0 aromatic heterocycles. The Labute approximate surface area is 394 Å². The fourth-order valence-electron chi connectivity index (χ4n) is 10.6. The molecule has 4 unspecified atom stereocenters. The van der Waals surface area contributed by atoms with Crippen LogP contribution in [0.4, 0.5) is 0 Å². The van der Waals surface area contributed by atoms with Gasteiger partial charge in [0.15, 0.2) is 0 Å². The Morgan fingerprint density at radius 3 is 1.00 bits per heavy atom. The van der Waals surface area contributed by atoms with E-state index >= 15 is 0 Å². The molecule has 0 spiro atoms. The molecule has 6 rings (SSSR count). The largest absolute Gasteiger partial charge is 0.0776 e. The summed E-state index contributed by atoms with van der Waals surface area (Å²) in [6.45, 7) is 49.9. The molecule has 0 amide bonds. The second-order valence-corrected chi connectivity index (χ2v) is 47.1. The van der Waals surface area contributed by atoms with Crippen LogP contribution in [-0.4, -0.2) is 41.8 Å². The molecule has 4 aromatic carbocycles. The molecular formula is C58H88Si5. The van der Waals surface area contributed by atoms with Crippen LogP contribution in [-0.2, 0) is 0 Å². The van der Waals surface area contributed by atoms with E-state index in [1.165, 1.54) is 47.2 Å². The highest BCUT2D eigenvalue weighted by Gasteiger charge is 2.35. The lowest BCUT2D eigenvalue weighted by Gasteiger charge is -2.27. The van der Waals surface area contributed by atoms with Crippen molar-refractivity contribution in [1.29, 1.82) is 0 Å². The van der Waals surface area contributed by atoms with Crippen LogP contribution in [0.2, 0.25) is 90.7 Å². The van der Waals surface area contributed by atoms with Gasteiger partial charge in [0.1, 0.15) is 0 Å². The molecule has 0 bridgehead atoms. The minimum absolute atomic E-state index is 0.430. The Bertz CT molecular complexity index is 2150. The monoisotopic (exact) mass is 925 g/mol. The van der Waals surface area contributed by atoms with Crippen molar-refractivity contribution in [3.8, 4) is 22.3 Å². The van der Waals surface area contributed by atoms with Gasteiger partial charge in [-0.1, -0.05) is 251 Å². The maximum atomic E-state index is 2.72. The van der Waals surface area contributed by atoms with E-state index in [1.54, 1.807) is 65.3 Å². The second kappa shape index (κ2) is 18.6. The van der Waals surface area contributed by atoms with Crippen LogP contribution < -0.4 is 20.7 Å². The van der Waals surface area contributed by atoms with E-state index in [9.17, 15) is 0 Å². The maximum absolute atomic E-state index is 2.72. The summed E-state index contributed by atoms with van der Waals surface area (Å²) >= 11 is 0. The van der Waals surface area contributed by atoms with E-state index in [-0.39, 0.29) is 0 Å². The normalized spacial score (nSPS) is 18.1. The van der Waals surface area contributed by atoms with Gasteiger partial charge in [-0.3, -0.25) is 0 Å². The van der Waals surface area contributed by atoms with Crippen LogP contribution in [0.15, 0.2) is 71.8 Å². The van der Waals surface area contributed by atoms with E-state index in [0.29, 0.717) is 35.5 Å². The van der Waals surface area contributed by atoms with Gasteiger partial charge in [-0.2, -0.15) is 0 Å². The minimum Gasteiger partial charge on any atom is -0.0656 e. The van der Waals surface area contributed by atoms with E-state index in [4.69, 9.17) is 0 Å². The maximum Gasteiger partial charge on any atom is 0.0776 e. The number of allylic oxidation sites excluding steroid dienone is 2. The molecule has 0 fully saturated rings. The van der Waals surface area contributed by atoms with Crippen LogP contribution in [0.25, 0.3) is 34.4 Å². The average molecular weight is 926 g/mol. The predicted molar refractivity (Wildman–Crippen MR) is 302 cm³/mol. The number of hydrogen-bond acceptors (Lipinski definition) is 0. The van der Waals surface area contributed by atoms with Gasteiger partial charge < -0.3 is 0 Å². The summed E-state index contributed by atoms with van der Waals surface area (Å²) in [6, 6.07) is 28.7. The summed E-state index contributed by atoms with van der Waals surface area (Å²) in [6.07, 6.45) is 7.84. The summed E-state index contributed by atoms with van der Waals surface area (Å²) < 4.78 is 0. The van der Waals surface area contributed by atoms with Crippen molar-refractivity contribution in [2.24, 2.45) is 11.8 Å². The highest BCUT2D eigenvalue weighted by molar-refractivity contribution is 6.92. The Morgan fingerprint density at radius 2 is 0.746 bits per heavy atom. The SMILES string of the molecule is CCC(C)C1=Cc2c(ccc(C(C)C)c2-c2cc([Si](C)(C)C)cc([Si](C)(C)C)c2)C1C[SiH2]CC1C(C(C)CC)=Cc2c1ccc(C(C)C)c2-c1cc([Si](C)(C)C)cc([Si](C)(C)C)c1. The first-order valence-corrected chi connectivity index (χ1v) is 41.3. The minimum atomic E-state index is -1.54. The summed E-state index contributed by atoms with van der Waals surface area (Å²) in [5.74, 6) is 3.20. The summed E-state index contributed by atoms with van der Waals surface area (Å²) in [7, 11) is -6.60. The van der Waals surface area contributed by atoms with E-state index < -0.39 is 41.8 Å². The van der Waals surface area contributed by atoms with Crippen LogP contribution in [0.3, 0.4) is 0 Å². The first-order chi connectivity index (χ1) is 29.2. The van der Waals surface area contributed by atoms with Crippen molar-refractivity contribution >= 4 is 74.7 Å². The summed E-state index contributed by atoms with van der Waals surface area (Å²) in [5.41, 5.74) is 18.9. The highest BCUT2D eigenvalue weighted by atomic mass is 28.3. The number of rotatable bonds is 16. The lowest BCUT2D eigenvalue weighted by atomic mass is 9.84. The molecule has 0 heterocycles. The smallest absolute Gasteiger partial charge is 0.0656 e. The lowest BCUT2D eigenvalue weighted by Crippen LogP contribution is -2.45. The molecule has 0 aliphatic heterocycles. The van der Waals surface area contributed by atoms with Crippen molar-refractivity contribution in [3.63, 3.8) is 0 Å². The molecule has 0 radical (unpaired) electrons. The zero-order chi connectivity index (χ0) is 46.7. The molecule has 5 heteroatoms. The average Bonchev–Trinajstić information content (AvgIpc) is 3.76. The molecule has 340 valence electrons. The third-order valence-electron chi connectivity index (χ3n) is 15.3.